The average molecular weight is 451 g/mol. The number of pyridine rings is 1. The number of amides is 1. The molecule has 2 N–H and O–H groups in total. The maximum Gasteiger partial charge on any atom is 0.230 e. The number of hydrogen-bond donors (Lipinski definition) is 2. The average Bonchev–Trinajstić information content (AvgIpc) is 3.36. The first-order valence-corrected chi connectivity index (χ1v) is 10.6. The molecule has 33 heavy (non-hydrogen) atoms. The van der Waals surface area contributed by atoms with E-state index in [4.69, 9.17) is 4.52 Å². The number of hydrogen-bond acceptors (Lipinski definition) is 6. The number of benzene rings is 1. The molecule has 4 aromatic rings. The molecule has 0 aliphatic heterocycles. The highest BCUT2D eigenvalue weighted by molar-refractivity contribution is 5.91. The predicted molar refractivity (Wildman–Crippen MR) is 124 cm³/mol. The van der Waals surface area contributed by atoms with Gasteiger partial charge in [0.1, 0.15) is 11.6 Å². The monoisotopic (exact) mass is 450 g/mol. The minimum Gasteiger partial charge on any atom is -0.359 e. The zero-order chi connectivity index (χ0) is 23.8. The normalized spacial score (nSPS) is 12.0. The van der Waals surface area contributed by atoms with E-state index in [-0.39, 0.29) is 17.7 Å². The first-order chi connectivity index (χ1) is 15.6. The van der Waals surface area contributed by atoms with E-state index >= 15 is 0 Å². The molecular weight excluding hydrogens is 423 g/mol. The number of rotatable bonds is 6. The number of carbonyl (C=O) groups is 1. The van der Waals surface area contributed by atoms with Gasteiger partial charge in [-0.15, -0.1) is 0 Å². The molecule has 172 valence electrons. The van der Waals surface area contributed by atoms with E-state index in [0.717, 1.165) is 16.6 Å². The van der Waals surface area contributed by atoms with Gasteiger partial charge >= 0.3 is 0 Å². The Balaban J connectivity index is 1.50. The van der Waals surface area contributed by atoms with Crippen LogP contribution < -0.4 is 5.32 Å². The Labute approximate surface area is 191 Å². The van der Waals surface area contributed by atoms with Gasteiger partial charge in [-0.05, 0) is 37.4 Å². The van der Waals surface area contributed by atoms with Crippen LogP contribution in [-0.2, 0) is 23.2 Å². The Morgan fingerprint density at radius 1 is 1.18 bits per heavy atom. The molecule has 0 saturated heterocycles. The summed E-state index contributed by atoms with van der Waals surface area (Å²) in [5, 5.41) is 14.7. The number of carbonyl (C=O) groups excluding carboxylic acids is 1. The number of anilines is 1. The summed E-state index contributed by atoms with van der Waals surface area (Å²) in [6, 6.07) is 8.46. The third kappa shape index (κ3) is 5.09. The van der Waals surface area contributed by atoms with Crippen molar-refractivity contribution in [2.75, 3.05) is 19.4 Å². The van der Waals surface area contributed by atoms with Gasteiger partial charge in [0.2, 0.25) is 5.91 Å². The van der Waals surface area contributed by atoms with Gasteiger partial charge in [-0.3, -0.25) is 9.89 Å². The molecule has 1 aromatic carbocycles. The topological polar surface area (TPSA) is 99.9 Å². The van der Waals surface area contributed by atoms with E-state index in [1.165, 1.54) is 6.07 Å². The molecule has 4 rings (SSSR count). The summed E-state index contributed by atoms with van der Waals surface area (Å²) in [6.45, 7) is 6.62. The highest BCUT2D eigenvalue weighted by atomic mass is 19.1. The Morgan fingerprint density at radius 2 is 1.97 bits per heavy atom. The van der Waals surface area contributed by atoms with Crippen LogP contribution in [0.25, 0.3) is 22.2 Å². The van der Waals surface area contributed by atoms with Gasteiger partial charge in [-0.1, -0.05) is 38.1 Å². The van der Waals surface area contributed by atoms with Crippen LogP contribution in [-0.4, -0.2) is 45.2 Å². The van der Waals surface area contributed by atoms with Crippen molar-refractivity contribution >= 4 is 22.8 Å². The van der Waals surface area contributed by atoms with Crippen molar-refractivity contribution in [1.82, 2.24) is 25.2 Å². The molecule has 9 heteroatoms. The molecule has 0 bridgehead atoms. The maximum atomic E-state index is 14.8. The summed E-state index contributed by atoms with van der Waals surface area (Å²) in [5.74, 6) is 0.143. The SMILES string of the molecule is CN(C)Cc1n[nH]c2ncc(-c3ccc(CC(=O)Nc4cc(C(C)(C)C)on4)c(F)c3)cc12. The lowest BCUT2D eigenvalue weighted by molar-refractivity contribution is -0.115. The third-order valence-electron chi connectivity index (χ3n) is 5.22. The number of fused-ring (bicyclic) bond motifs is 1. The van der Waals surface area contributed by atoms with Gasteiger partial charge in [0.15, 0.2) is 11.5 Å². The fourth-order valence-electron chi connectivity index (χ4n) is 3.45. The van der Waals surface area contributed by atoms with Gasteiger partial charge in [0.05, 0.1) is 12.1 Å². The van der Waals surface area contributed by atoms with E-state index in [2.05, 4.69) is 25.7 Å². The number of halogens is 1. The summed E-state index contributed by atoms with van der Waals surface area (Å²) in [6.07, 6.45) is 1.56. The van der Waals surface area contributed by atoms with E-state index < -0.39 is 5.82 Å². The molecule has 8 nitrogen and oxygen atoms in total. The molecule has 3 aromatic heterocycles. The van der Waals surface area contributed by atoms with Crippen molar-refractivity contribution in [3.05, 3.63) is 59.4 Å². The van der Waals surface area contributed by atoms with Crippen LogP contribution in [0.4, 0.5) is 10.2 Å². The van der Waals surface area contributed by atoms with Gasteiger partial charge in [-0.2, -0.15) is 5.10 Å². The van der Waals surface area contributed by atoms with Crippen LogP contribution in [0.15, 0.2) is 41.1 Å². The highest BCUT2D eigenvalue weighted by Gasteiger charge is 2.20. The third-order valence-corrected chi connectivity index (χ3v) is 5.22. The second-order valence-electron chi connectivity index (χ2n) is 9.39. The summed E-state index contributed by atoms with van der Waals surface area (Å²) in [4.78, 5) is 18.8. The number of nitrogens with zero attached hydrogens (tertiary/aromatic N) is 4. The van der Waals surface area contributed by atoms with E-state index in [9.17, 15) is 9.18 Å². The van der Waals surface area contributed by atoms with Crippen LogP contribution in [0.5, 0.6) is 0 Å². The second kappa shape index (κ2) is 8.74. The molecular formula is C24H27FN6O2. The summed E-state index contributed by atoms with van der Waals surface area (Å²) in [7, 11) is 3.93. The minimum atomic E-state index is -0.459. The van der Waals surface area contributed by atoms with Crippen LogP contribution in [0.2, 0.25) is 0 Å². The first-order valence-electron chi connectivity index (χ1n) is 10.6. The lowest BCUT2D eigenvalue weighted by atomic mass is 9.93. The molecule has 0 aliphatic carbocycles. The van der Waals surface area contributed by atoms with Crippen molar-refractivity contribution < 1.29 is 13.7 Å². The molecule has 0 saturated carbocycles. The zero-order valence-corrected chi connectivity index (χ0v) is 19.4. The van der Waals surface area contributed by atoms with Crippen LogP contribution >= 0.6 is 0 Å². The summed E-state index contributed by atoms with van der Waals surface area (Å²) >= 11 is 0. The summed E-state index contributed by atoms with van der Waals surface area (Å²) < 4.78 is 20.1. The molecule has 0 unspecified atom stereocenters. The first kappa shape index (κ1) is 22.6. The Morgan fingerprint density at radius 3 is 2.64 bits per heavy atom. The zero-order valence-electron chi connectivity index (χ0n) is 19.4. The quantitative estimate of drug-likeness (QED) is 0.455. The van der Waals surface area contributed by atoms with Gasteiger partial charge in [0.25, 0.3) is 0 Å². The van der Waals surface area contributed by atoms with Crippen LogP contribution in [0.3, 0.4) is 0 Å². The van der Waals surface area contributed by atoms with E-state index in [1.54, 1.807) is 24.4 Å². The largest absolute Gasteiger partial charge is 0.359 e. The smallest absolute Gasteiger partial charge is 0.230 e. The number of nitrogens with one attached hydrogen (secondary N) is 2. The van der Waals surface area contributed by atoms with Crippen molar-refractivity contribution in [3.63, 3.8) is 0 Å². The van der Waals surface area contributed by atoms with Crippen LogP contribution in [0.1, 0.15) is 37.8 Å². The van der Waals surface area contributed by atoms with Crippen molar-refractivity contribution in [2.24, 2.45) is 0 Å². The van der Waals surface area contributed by atoms with Crippen molar-refractivity contribution in [2.45, 2.75) is 39.2 Å². The summed E-state index contributed by atoms with van der Waals surface area (Å²) in [5.41, 5.74) is 3.08. The Bertz CT molecular complexity index is 1300. The van der Waals surface area contributed by atoms with Gasteiger partial charge < -0.3 is 14.7 Å². The molecule has 3 heterocycles. The fourth-order valence-corrected chi connectivity index (χ4v) is 3.45. The predicted octanol–water partition coefficient (Wildman–Crippen LogP) is 4.29. The lowest BCUT2D eigenvalue weighted by Gasteiger charge is -2.12. The highest BCUT2D eigenvalue weighted by Crippen LogP contribution is 2.27. The Hall–Kier alpha value is -3.59. The number of aromatic nitrogens is 4. The maximum absolute atomic E-state index is 14.8. The van der Waals surface area contributed by atoms with Crippen molar-refractivity contribution in [1.29, 1.82) is 0 Å². The fraction of sp³-hybridized carbons (Fsp3) is 0.333. The van der Waals surface area contributed by atoms with Gasteiger partial charge in [0, 0.05) is 35.2 Å². The Kier molecular flexibility index (Phi) is 5.99. The standard InChI is InChI=1S/C24H27FN6O2/c1-24(2,3)20-11-21(30-33-20)27-22(32)10-15-7-6-14(9-18(15)25)16-8-17-19(13-31(4)5)28-29-23(17)26-12-16/h6-9,11-12H,10,13H2,1-5H3,(H,26,28,29)(H,27,30,32). The van der Waals surface area contributed by atoms with Crippen LogP contribution in [0, 0.1) is 5.82 Å². The van der Waals surface area contributed by atoms with Crippen molar-refractivity contribution in [3.8, 4) is 11.1 Å². The molecule has 0 fully saturated rings. The second-order valence-corrected chi connectivity index (χ2v) is 9.39. The molecule has 0 spiro atoms. The van der Waals surface area contributed by atoms with E-state index in [0.29, 0.717) is 34.9 Å². The molecule has 1 amide bonds. The number of H-pyrrole nitrogens is 1. The molecule has 0 atom stereocenters. The molecule has 0 radical (unpaired) electrons. The van der Waals surface area contributed by atoms with E-state index in [1.807, 2.05) is 45.8 Å². The number of aromatic amines is 1. The van der Waals surface area contributed by atoms with Gasteiger partial charge in [-0.25, -0.2) is 9.37 Å². The molecule has 0 aliphatic rings. The minimum absolute atomic E-state index is 0.115. The lowest BCUT2D eigenvalue weighted by Crippen LogP contribution is -2.15.